The fourth-order valence-electron chi connectivity index (χ4n) is 0.652. The van der Waals surface area contributed by atoms with Crippen molar-refractivity contribution in [2.24, 2.45) is 0 Å². The summed E-state index contributed by atoms with van der Waals surface area (Å²) in [7, 11) is 0. The highest BCUT2D eigenvalue weighted by Crippen LogP contribution is 2.10. The molecule has 1 aromatic rings. The Morgan fingerprint density at radius 1 is 1.89 bits per heavy atom. The van der Waals surface area contributed by atoms with E-state index in [0.717, 1.165) is 6.54 Å². The van der Waals surface area contributed by atoms with E-state index >= 15 is 0 Å². The molecule has 0 unspecified atom stereocenters. The van der Waals surface area contributed by atoms with E-state index in [-0.39, 0.29) is 0 Å². The van der Waals surface area contributed by atoms with Crippen molar-refractivity contribution >= 4 is 17.4 Å². The number of anilines is 1. The average molecular weight is 146 g/mol. The zero-order chi connectivity index (χ0) is 6.85. The number of hydrogen-bond acceptors (Lipinski definition) is 2. The minimum Gasteiger partial charge on any atom is -0.384 e. The van der Waals surface area contributed by atoms with Gasteiger partial charge in [-0.2, -0.15) is 5.10 Å². The van der Waals surface area contributed by atoms with Crippen LogP contribution in [0.15, 0.2) is 6.07 Å². The summed E-state index contributed by atoms with van der Waals surface area (Å²) < 4.78 is 1.64. The molecular weight excluding hydrogens is 138 g/mol. The molecule has 1 heterocycles. The van der Waals surface area contributed by atoms with E-state index < -0.39 is 0 Å². The number of hydrogen-bond donors (Lipinski definition) is 1. The summed E-state index contributed by atoms with van der Waals surface area (Å²) in [5, 5.41) is 4.34. The van der Waals surface area contributed by atoms with Crippen molar-refractivity contribution < 1.29 is 0 Å². The first kappa shape index (κ1) is 6.42. The summed E-state index contributed by atoms with van der Waals surface area (Å²) in [6.45, 7) is 2.72. The smallest absolute Gasteiger partial charge is 0.153 e. The second kappa shape index (κ2) is 2.27. The number of aromatic nitrogens is 2. The van der Waals surface area contributed by atoms with Gasteiger partial charge in [-0.25, -0.2) is 4.68 Å². The van der Waals surface area contributed by atoms with Gasteiger partial charge in [0, 0.05) is 12.6 Å². The van der Waals surface area contributed by atoms with Gasteiger partial charge < -0.3 is 5.73 Å². The molecule has 0 amide bonds. The predicted octanol–water partition coefficient (Wildman–Crippen LogP) is 1.14. The quantitative estimate of drug-likeness (QED) is 0.644. The zero-order valence-corrected chi connectivity index (χ0v) is 5.89. The molecule has 0 bridgehead atoms. The second-order valence-corrected chi connectivity index (χ2v) is 2.09. The Labute approximate surface area is 58.4 Å². The molecular formula is C5H8ClN3. The highest BCUT2D eigenvalue weighted by Gasteiger charge is 1.97. The Balaban J connectivity index is 3.01. The van der Waals surface area contributed by atoms with E-state index in [0.29, 0.717) is 11.0 Å². The van der Waals surface area contributed by atoms with Crippen LogP contribution in [-0.4, -0.2) is 9.78 Å². The first-order valence-electron chi connectivity index (χ1n) is 2.73. The molecule has 0 atom stereocenters. The monoisotopic (exact) mass is 145 g/mol. The van der Waals surface area contributed by atoms with Gasteiger partial charge in [0.15, 0.2) is 5.15 Å². The van der Waals surface area contributed by atoms with Gasteiger partial charge in [0.25, 0.3) is 0 Å². The predicted molar refractivity (Wildman–Crippen MR) is 37.3 cm³/mol. The van der Waals surface area contributed by atoms with Crippen molar-refractivity contribution in [1.29, 1.82) is 0 Å². The molecule has 9 heavy (non-hydrogen) atoms. The molecule has 0 aromatic carbocycles. The van der Waals surface area contributed by atoms with Gasteiger partial charge in [0.2, 0.25) is 0 Å². The van der Waals surface area contributed by atoms with E-state index in [9.17, 15) is 0 Å². The lowest BCUT2D eigenvalue weighted by Crippen LogP contribution is -2.00. The summed E-state index contributed by atoms with van der Waals surface area (Å²) in [6, 6.07) is 1.63. The Morgan fingerprint density at radius 2 is 2.56 bits per heavy atom. The van der Waals surface area contributed by atoms with Crippen LogP contribution in [0.3, 0.4) is 0 Å². The van der Waals surface area contributed by atoms with Gasteiger partial charge in [-0.15, -0.1) is 0 Å². The Bertz CT molecular complexity index is 206. The standard InChI is InChI=1S/C5H8ClN3/c1-2-9-5(7)3-4(6)8-9/h3H,2,7H2,1H3. The van der Waals surface area contributed by atoms with Crippen molar-refractivity contribution in [2.75, 3.05) is 5.73 Å². The number of nitrogens with two attached hydrogens (primary N) is 1. The highest BCUT2D eigenvalue weighted by atomic mass is 35.5. The maximum Gasteiger partial charge on any atom is 0.153 e. The summed E-state index contributed by atoms with van der Waals surface area (Å²) >= 11 is 5.53. The van der Waals surface area contributed by atoms with Crippen LogP contribution >= 0.6 is 11.6 Å². The second-order valence-electron chi connectivity index (χ2n) is 1.71. The lowest BCUT2D eigenvalue weighted by molar-refractivity contribution is 0.670. The molecule has 0 radical (unpaired) electrons. The topological polar surface area (TPSA) is 43.8 Å². The van der Waals surface area contributed by atoms with Crippen molar-refractivity contribution in [2.45, 2.75) is 13.5 Å². The molecule has 2 N–H and O–H groups in total. The average Bonchev–Trinajstić information content (AvgIpc) is 2.10. The van der Waals surface area contributed by atoms with Crippen LogP contribution in [-0.2, 0) is 6.54 Å². The van der Waals surface area contributed by atoms with Crippen LogP contribution in [0, 0.1) is 0 Å². The lowest BCUT2D eigenvalue weighted by Gasteiger charge is -1.94. The maximum atomic E-state index is 5.53. The largest absolute Gasteiger partial charge is 0.384 e. The molecule has 0 saturated heterocycles. The molecule has 50 valence electrons. The van der Waals surface area contributed by atoms with Crippen LogP contribution in [0.4, 0.5) is 5.82 Å². The van der Waals surface area contributed by atoms with E-state index in [4.69, 9.17) is 17.3 Å². The minimum absolute atomic E-state index is 0.453. The van der Waals surface area contributed by atoms with E-state index in [1.54, 1.807) is 10.7 Å². The number of nitrogen functional groups attached to an aromatic ring is 1. The van der Waals surface area contributed by atoms with E-state index in [2.05, 4.69) is 5.10 Å². The maximum absolute atomic E-state index is 5.53. The SMILES string of the molecule is CCn1nc(Cl)cc1N. The molecule has 0 aliphatic carbocycles. The fraction of sp³-hybridized carbons (Fsp3) is 0.400. The molecule has 4 heteroatoms. The molecule has 0 aliphatic heterocycles. The van der Waals surface area contributed by atoms with Crippen LogP contribution < -0.4 is 5.73 Å². The summed E-state index contributed by atoms with van der Waals surface area (Å²) in [6.07, 6.45) is 0. The summed E-state index contributed by atoms with van der Waals surface area (Å²) in [5.74, 6) is 0.613. The third-order valence-electron chi connectivity index (χ3n) is 1.08. The third kappa shape index (κ3) is 1.16. The molecule has 0 spiro atoms. The summed E-state index contributed by atoms with van der Waals surface area (Å²) in [4.78, 5) is 0. The van der Waals surface area contributed by atoms with Gasteiger partial charge in [-0.1, -0.05) is 11.6 Å². The van der Waals surface area contributed by atoms with Crippen molar-refractivity contribution in [1.82, 2.24) is 9.78 Å². The van der Waals surface area contributed by atoms with Gasteiger partial charge in [-0.3, -0.25) is 0 Å². The molecule has 0 saturated carbocycles. The third-order valence-corrected chi connectivity index (χ3v) is 1.27. The summed E-state index contributed by atoms with van der Waals surface area (Å²) in [5.41, 5.74) is 5.47. The van der Waals surface area contributed by atoms with E-state index in [1.165, 1.54) is 0 Å². The van der Waals surface area contributed by atoms with Gasteiger partial charge in [-0.05, 0) is 6.92 Å². The normalized spacial score (nSPS) is 10.0. The molecule has 0 aliphatic rings. The van der Waals surface area contributed by atoms with E-state index in [1.807, 2.05) is 6.92 Å². The lowest BCUT2D eigenvalue weighted by atomic mass is 10.6. The fourth-order valence-corrected chi connectivity index (χ4v) is 0.855. The van der Waals surface area contributed by atoms with Gasteiger partial charge >= 0.3 is 0 Å². The zero-order valence-electron chi connectivity index (χ0n) is 5.13. The van der Waals surface area contributed by atoms with Crippen molar-refractivity contribution in [3.63, 3.8) is 0 Å². The van der Waals surface area contributed by atoms with Crippen LogP contribution in [0.2, 0.25) is 5.15 Å². The van der Waals surface area contributed by atoms with Crippen molar-refractivity contribution in [3.8, 4) is 0 Å². The van der Waals surface area contributed by atoms with Crippen LogP contribution in [0.25, 0.3) is 0 Å². The Hall–Kier alpha value is -0.700. The number of aryl methyl sites for hydroxylation is 1. The van der Waals surface area contributed by atoms with Crippen LogP contribution in [0.5, 0.6) is 0 Å². The highest BCUT2D eigenvalue weighted by molar-refractivity contribution is 6.29. The Morgan fingerprint density at radius 3 is 2.78 bits per heavy atom. The molecule has 3 nitrogen and oxygen atoms in total. The minimum atomic E-state index is 0.453. The number of halogens is 1. The van der Waals surface area contributed by atoms with Gasteiger partial charge in [0.05, 0.1) is 0 Å². The number of nitrogens with zero attached hydrogens (tertiary/aromatic N) is 2. The first-order valence-corrected chi connectivity index (χ1v) is 3.10. The van der Waals surface area contributed by atoms with Crippen molar-refractivity contribution in [3.05, 3.63) is 11.2 Å². The molecule has 1 rings (SSSR count). The Kier molecular flexibility index (Phi) is 1.62. The molecule has 0 fully saturated rings. The molecule has 1 aromatic heterocycles. The van der Waals surface area contributed by atoms with Gasteiger partial charge in [0.1, 0.15) is 5.82 Å². The van der Waals surface area contributed by atoms with Crippen LogP contribution in [0.1, 0.15) is 6.92 Å². The first-order chi connectivity index (χ1) is 4.24. The number of rotatable bonds is 1.